The third-order valence-corrected chi connectivity index (χ3v) is 1.56. The molecule has 0 saturated heterocycles. The van der Waals surface area contributed by atoms with E-state index in [1.807, 2.05) is 27.7 Å². The second-order valence-corrected chi connectivity index (χ2v) is 2.70. The lowest BCUT2D eigenvalue weighted by molar-refractivity contribution is -0.536. The zero-order valence-electron chi connectivity index (χ0n) is 7.79. The van der Waals surface area contributed by atoms with Crippen molar-refractivity contribution in [3.8, 4) is 0 Å². The van der Waals surface area contributed by atoms with Gasteiger partial charge in [-0.05, 0) is 26.7 Å². The third-order valence-electron chi connectivity index (χ3n) is 1.56. The maximum atomic E-state index is 4.84. The minimum atomic E-state index is 0.0963. The molecule has 11 heavy (non-hydrogen) atoms. The van der Waals surface area contributed by atoms with Crippen LogP contribution in [0.25, 0.3) is 0 Å². The topological polar surface area (TPSA) is 27.7 Å². The zero-order chi connectivity index (χ0) is 8.69. The van der Waals surface area contributed by atoms with Gasteiger partial charge >= 0.3 is 0 Å². The molecule has 0 N–H and O–H groups in total. The molecule has 0 spiro atoms. The van der Waals surface area contributed by atoms with Crippen molar-refractivity contribution in [2.75, 3.05) is 0 Å². The minimum Gasteiger partial charge on any atom is -0.203 e. The first-order valence-electron chi connectivity index (χ1n) is 4.19. The van der Waals surface area contributed by atoms with E-state index in [1.165, 1.54) is 0 Å². The van der Waals surface area contributed by atoms with Crippen LogP contribution < -0.4 is 0 Å². The molecule has 2 atom stereocenters. The van der Waals surface area contributed by atoms with E-state index in [1.54, 1.807) is 0 Å². The summed E-state index contributed by atoms with van der Waals surface area (Å²) >= 11 is 0. The molecule has 0 heterocycles. The highest BCUT2D eigenvalue weighted by Gasteiger charge is 2.02. The van der Waals surface area contributed by atoms with Crippen LogP contribution in [0.2, 0.25) is 0 Å². The van der Waals surface area contributed by atoms with E-state index >= 15 is 0 Å². The highest BCUT2D eigenvalue weighted by Crippen LogP contribution is 2.01. The van der Waals surface area contributed by atoms with Gasteiger partial charge in [0.05, 0.1) is 12.2 Å². The van der Waals surface area contributed by atoms with Gasteiger partial charge in [-0.1, -0.05) is 18.9 Å². The highest BCUT2D eigenvalue weighted by atomic mass is 17.5. The van der Waals surface area contributed by atoms with E-state index in [4.69, 9.17) is 9.78 Å². The normalized spacial score (nSPS) is 16.4. The van der Waals surface area contributed by atoms with Crippen LogP contribution in [-0.4, -0.2) is 12.2 Å². The van der Waals surface area contributed by atoms with Crippen LogP contribution in [0.3, 0.4) is 0 Å². The molecule has 0 radical (unpaired) electrons. The summed E-state index contributed by atoms with van der Waals surface area (Å²) in [6.45, 7) is 7.91. The molecule has 68 valence electrons. The molecule has 0 aliphatic carbocycles. The summed E-state index contributed by atoms with van der Waals surface area (Å²) in [6, 6.07) is 0. The summed E-state index contributed by atoms with van der Waals surface area (Å²) in [5.41, 5.74) is 0. The fourth-order valence-corrected chi connectivity index (χ4v) is 0.293. The molecule has 0 rings (SSSR count). The average molecular weight is 162 g/mol. The van der Waals surface area contributed by atoms with Crippen LogP contribution in [0.5, 0.6) is 0 Å². The fraction of sp³-hybridized carbons (Fsp3) is 1.00. The fourth-order valence-electron chi connectivity index (χ4n) is 0.293. The number of hydrogen-bond donors (Lipinski definition) is 0. The van der Waals surface area contributed by atoms with Gasteiger partial charge in [0.25, 0.3) is 0 Å². The van der Waals surface area contributed by atoms with E-state index in [9.17, 15) is 0 Å². The Morgan fingerprint density at radius 3 is 1.55 bits per heavy atom. The van der Waals surface area contributed by atoms with Crippen molar-refractivity contribution in [2.24, 2.45) is 0 Å². The Kier molecular flexibility index (Phi) is 6.51. The summed E-state index contributed by atoms with van der Waals surface area (Å²) in [5.74, 6) is 0. The molecule has 0 fully saturated rings. The van der Waals surface area contributed by atoms with Gasteiger partial charge < -0.3 is 0 Å². The first-order valence-corrected chi connectivity index (χ1v) is 4.19. The number of hydrogen-bond acceptors (Lipinski definition) is 3. The molecule has 0 saturated carbocycles. The van der Waals surface area contributed by atoms with Crippen LogP contribution in [0.1, 0.15) is 40.5 Å². The van der Waals surface area contributed by atoms with Crippen molar-refractivity contribution in [2.45, 2.75) is 52.7 Å². The van der Waals surface area contributed by atoms with Crippen molar-refractivity contribution in [1.29, 1.82) is 0 Å². The largest absolute Gasteiger partial charge is 0.203 e. The standard InChI is InChI=1S/C8H18O3/c1-5-7(3)9-11-10-8(4)6-2/h7-8H,5-6H2,1-4H3. The van der Waals surface area contributed by atoms with E-state index in [2.05, 4.69) is 5.04 Å². The van der Waals surface area contributed by atoms with E-state index in [-0.39, 0.29) is 12.2 Å². The van der Waals surface area contributed by atoms with Crippen molar-refractivity contribution in [3.63, 3.8) is 0 Å². The van der Waals surface area contributed by atoms with E-state index in [0.717, 1.165) is 12.8 Å². The van der Waals surface area contributed by atoms with Gasteiger partial charge in [-0.15, -0.1) is 0 Å². The predicted octanol–water partition coefficient (Wildman–Crippen LogP) is 2.46. The SMILES string of the molecule is CCC(C)OOOC(C)CC. The van der Waals surface area contributed by atoms with Crippen molar-refractivity contribution in [3.05, 3.63) is 0 Å². The summed E-state index contributed by atoms with van der Waals surface area (Å²) in [4.78, 5) is 9.68. The maximum absolute atomic E-state index is 4.84. The van der Waals surface area contributed by atoms with Gasteiger partial charge in [0, 0.05) is 0 Å². The first kappa shape index (κ1) is 10.9. The van der Waals surface area contributed by atoms with Crippen LogP contribution in [-0.2, 0) is 14.8 Å². The molecule has 2 unspecified atom stereocenters. The quantitative estimate of drug-likeness (QED) is 0.443. The zero-order valence-corrected chi connectivity index (χ0v) is 7.79. The lowest BCUT2D eigenvalue weighted by Crippen LogP contribution is -2.12. The highest BCUT2D eigenvalue weighted by molar-refractivity contribution is 4.39. The van der Waals surface area contributed by atoms with Gasteiger partial charge in [0.2, 0.25) is 0 Å². The second kappa shape index (κ2) is 6.58. The molecule has 0 bridgehead atoms. The molecule has 0 amide bonds. The summed E-state index contributed by atoms with van der Waals surface area (Å²) in [6.07, 6.45) is 2.03. The molecule has 3 nitrogen and oxygen atoms in total. The first-order chi connectivity index (χ1) is 5.20. The lowest BCUT2D eigenvalue weighted by Gasteiger charge is -2.10. The van der Waals surface area contributed by atoms with Gasteiger partial charge in [0.1, 0.15) is 0 Å². The van der Waals surface area contributed by atoms with Crippen LogP contribution in [0.15, 0.2) is 0 Å². The molecule has 0 aromatic rings. The summed E-state index contributed by atoms with van der Waals surface area (Å²) in [7, 11) is 0. The third kappa shape index (κ3) is 6.28. The molecule has 0 aromatic heterocycles. The molecule has 0 aliphatic rings. The number of rotatable bonds is 6. The van der Waals surface area contributed by atoms with E-state index < -0.39 is 0 Å². The van der Waals surface area contributed by atoms with Gasteiger partial charge in [-0.25, -0.2) is 9.78 Å². The van der Waals surface area contributed by atoms with Crippen molar-refractivity contribution >= 4 is 0 Å². The Morgan fingerprint density at radius 2 is 1.27 bits per heavy atom. The van der Waals surface area contributed by atoms with Crippen LogP contribution in [0, 0.1) is 0 Å². The van der Waals surface area contributed by atoms with Crippen LogP contribution >= 0.6 is 0 Å². The molecule has 0 aromatic carbocycles. The van der Waals surface area contributed by atoms with Crippen LogP contribution in [0.4, 0.5) is 0 Å². The minimum absolute atomic E-state index is 0.0963. The monoisotopic (exact) mass is 162 g/mol. The Hall–Kier alpha value is -0.120. The average Bonchev–Trinajstić information content (AvgIpc) is 2.04. The Labute approximate surface area is 68.5 Å². The Morgan fingerprint density at radius 1 is 0.909 bits per heavy atom. The maximum Gasteiger partial charge on any atom is 0.0930 e. The smallest absolute Gasteiger partial charge is 0.0930 e. The second-order valence-electron chi connectivity index (χ2n) is 2.70. The predicted molar refractivity (Wildman–Crippen MR) is 42.8 cm³/mol. The Bertz CT molecular complexity index is 75.4. The molecular formula is C8H18O3. The van der Waals surface area contributed by atoms with E-state index in [0.29, 0.717) is 0 Å². The molecular weight excluding hydrogens is 144 g/mol. The molecule has 0 aliphatic heterocycles. The van der Waals surface area contributed by atoms with Gasteiger partial charge in [0.15, 0.2) is 0 Å². The Balaban J connectivity index is 3.13. The molecule has 3 heteroatoms. The summed E-state index contributed by atoms with van der Waals surface area (Å²) in [5, 5.41) is 4.54. The van der Waals surface area contributed by atoms with Gasteiger partial charge in [-0.3, -0.25) is 0 Å². The van der Waals surface area contributed by atoms with Crippen molar-refractivity contribution < 1.29 is 14.8 Å². The summed E-state index contributed by atoms with van der Waals surface area (Å²) < 4.78 is 0. The van der Waals surface area contributed by atoms with Crippen molar-refractivity contribution in [1.82, 2.24) is 0 Å². The van der Waals surface area contributed by atoms with Gasteiger partial charge in [-0.2, -0.15) is 0 Å². The lowest BCUT2D eigenvalue weighted by atomic mass is 10.3.